The highest BCUT2D eigenvalue weighted by Gasteiger charge is 2.15. The molecule has 0 amide bonds. The number of hydrogen-bond donors (Lipinski definition) is 3. The van der Waals surface area contributed by atoms with Crippen molar-refractivity contribution in [2.45, 2.75) is 6.92 Å². The van der Waals surface area contributed by atoms with E-state index in [1.807, 2.05) is 44.1 Å². The molecule has 2 rings (SSSR count). The number of anilines is 5. The summed E-state index contributed by atoms with van der Waals surface area (Å²) in [5.74, 6) is -0.652. The van der Waals surface area contributed by atoms with Gasteiger partial charge in [0.25, 0.3) is 0 Å². The highest BCUT2D eigenvalue weighted by Crippen LogP contribution is 2.36. The van der Waals surface area contributed by atoms with Gasteiger partial charge in [-0.1, -0.05) is 17.7 Å². The highest BCUT2D eigenvalue weighted by molar-refractivity contribution is 6.33. The predicted molar refractivity (Wildman–Crippen MR) is 89.0 cm³/mol. The Hall–Kier alpha value is -2.14. The number of nitrogens with two attached hydrogens (primary N) is 2. The van der Waals surface area contributed by atoms with Gasteiger partial charge in [-0.05, 0) is 30.7 Å². The van der Waals surface area contributed by atoms with Crippen LogP contribution in [0.2, 0.25) is 5.02 Å². The van der Waals surface area contributed by atoms with E-state index in [1.165, 1.54) is 6.07 Å². The fourth-order valence-electron chi connectivity index (χ4n) is 2.11. The molecule has 0 unspecified atom stereocenters. The molecule has 0 saturated heterocycles. The Morgan fingerprint density at radius 3 is 2.43 bits per heavy atom. The van der Waals surface area contributed by atoms with Crippen LogP contribution in [-0.2, 0) is 0 Å². The molecule has 0 spiro atoms. The fraction of sp³-hybridized carbons (Fsp3) is 0.200. The smallest absolute Gasteiger partial charge is 0.169 e. The molecule has 0 atom stereocenters. The quantitative estimate of drug-likeness (QED) is 0.755. The Kier molecular flexibility index (Phi) is 4.14. The van der Waals surface area contributed by atoms with Crippen molar-refractivity contribution in [2.24, 2.45) is 0 Å². The van der Waals surface area contributed by atoms with Crippen molar-refractivity contribution >= 4 is 40.0 Å². The molecule has 0 aliphatic rings. The van der Waals surface area contributed by atoms with E-state index >= 15 is 0 Å². The summed E-state index contributed by atoms with van der Waals surface area (Å²) < 4.78 is 14.2. The second-order valence-electron chi connectivity index (χ2n) is 5.08. The summed E-state index contributed by atoms with van der Waals surface area (Å²) in [7, 11) is 3.89. The van der Waals surface area contributed by atoms with Crippen LogP contribution in [0.1, 0.15) is 5.56 Å². The lowest BCUT2D eigenvalue weighted by atomic mass is 10.1. The molecule has 0 radical (unpaired) electrons. The molecule has 0 aliphatic heterocycles. The molecule has 6 heteroatoms. The van der Waals surface area contributed by atoms with Gasteiger partial charge in [0.2, 0.25) is 0 Å². The van der Waals surface area contributed by atoms with Gasteiger partial charge in [-0.25, -0.2) is 4.39 Å². The first-order valence-corrected chi connectivity index (χ1v) is 6.77. The zero-order valence-electron chi connectivity index (χ0n) is 12.2. The normalized spacial score (nSPS) is 10.5. The maximum Gasteiger partial charge on any atom is 0.169 e. The molecule has 0 heterocycles. The van der Waals surface area contributed by atoms with Gasteiger partial charge >= 0.3 is 0 Å². The Balaban J connectivity index is 2.44. The third-order valence-electron chi connectivity index (χ3n) is 3.23. The van der Waals surface area contributed by atoms with Crippen molar-refractivity contribution in [3.63, 3.8) is 0 Å². The van der Waals surface area contributed by atoms with Crippen LogP contribution in [0.3, 0.4) is 0 Å². The lowest BCUT2D eigenvalue weighted by Crippen LogP contribution is -2.10. The summed E-state index contributed by atoms with van der Waals surface area (Å²) in [6, 6.07) is 7.16. The number of nitrogens with zero attached hydrogens (tertiary/aromatic N) is 1. The fourth-order valence-corrected chi connectivity index (χ4v) is 2.26. The van der Waals surface area contributed by atoms with Crippen LogP contribution >= 0.6 is 11.6 Å². The first-order valence-electron chi connectivity index (χ1n) is 6.39. The molecule has 0 fully saturated rings. The van der Waals surface area contributed by atoms with Crippen molar-refractivity contribution in [3.05, 3.63) is 40.7 Å². The minimum atomic E-state index is -0.652. The minimum absolute atomic E-state index is 0.120. The zero-order valence-corrected chi connectivity index (χ0v) is 12.9. The standard InChI is InChI=1S/C15H18ClFN4/c1-8-4-5-9(6-12(8)21(2)3)20-15-11(19)7-10(18)13(16)14(15)17/h4-7,20H,18-19H2,1-3H3. The van der Waals surface area contributed by atoms with Gasteiger partial charge in [0.1, 0.15) is 5.02 Å². The molecule has 112 valence electrons. The second-order valence-corrected chi connectivity index (χ2v) is 5.46. The first kappa shape index (κ1) is 15.3. The number of benzene rings is 2. The Bertz CT molecular complexity index is 686. The van der Waals surface area contributed by atoms with E-state index in [2.05, 4.69) is 5.32 Å². The van der Waals surface area contributed by atoms with Gasteiger partial charge in [-0.2, -0.15) is 0 Å². The minimum Gasteiger partial charge on any atom is -0.397 e. The van der Waals surface area contributed by atoms with Crippen molar-refractivity contribution < 1.29 is 4.39 Å². The largest absolute Gasteiger partial charge is 0.397 e. The van der Waals surface area contributed by atoms with Crippen LogP contribution in [-0.4, -0.2) is 14.1 Å². The van der Waals surface area contributed by atoms with Crippen molar-refractivity contribution in [2.75, 3.05) is 35.8 Å². The Morgan fingerprint density at radius 2 is 1.81 bits per heavy atom. The van der Waals surface area contributed by atoms with E-state index in [0.29, 0.717) is 0 Å². The molecule has 5 N–H and O–H groups in total. The molecule has 21 heavy (non-hydrogen) atoms. The van der Waals surface area contributed by atoms with Gasteiger partial charge in [0.05, 0.1) is 17.1 Å². The topological polar surface area (TPSA) is 67.3 Å². The van der Waals surface area contributed by atoms with E-state index in [9.17, 15) is 4.39 Å². The van der Waals surface area contributed by atoms with Crippen molar-refractivity contribution in [3.8, 4) is 0 Å². The van der Waals surface area contributed by atoms with Crippen molar-refractivity contribution in [1.29, 1.82) is 0 Å². The van der Waals surface area contributed by atoms with Gasteiger partial charge in [0, 0.05) is 25.5 Å². The third kappa shape index (κ3) is 2.97. The van der Waals surface area contributed by atoms with Crippen LogP contribution in [0.4, 0.5) is 32.8 Å². The molecular weight excluding hydrogens is 291 g/mol. The van der Waals surface area contributed by atoms with Crippen LogP contribution in [0.25, 0.3) is 0 Å². The SMILES string of the molecule is Cc1ccc(Nc2c(N)cc(N)c(Cl)c2F)cc1N(C)C. The average Bonchev–Trinajstić information content (AvgIpc) is 2.42. The average molecular weight is 309 g/mol. The second kappa shape index (κ2) is 5.69. The van der Waals surface area contributed by atoms with Crippen LogP contribution < -0.4 is 21.7 Å². The zero-order chi connectivity index (χ0) is 15.7. The third-order valence-corrected chi connectivity index (χ3v) is 3.61. The van der Waals surface area contributed by atoms with E-state index in [1.54, 1.807) is 0 Å². The summed E-state index contributed by atoms with van der Waals surface area (Å²) in [5.41, 5.74) is 14.7. The molecule has 4 nitrogen and oxygen atoms in total. The Labute approximate surface area is 128 Å². The lowest BCUT2D eigenvalue weighted by Gasteiger charge is -2.18. The summed E-state index contributed by atoms with van der Waals surface area (Å²) >= 11 is 5.82. The molecular formula is C15H18ClFN4. The van der Waals surface area contributed by atoms with E-state index < -0.39 is 5.82 Å². The molecule has 2 aromatic carbocycles. The van der Waals surface area contributed by atoms with E-state index in [4.69, 9.17) is 23.1 Å². The lowest BCUT2D eigenvalue weighted by molar-refractivity contribution is 0.633. The van der Waals surface area contributed by atoms with Gasteiger partial charge < -0.3 is 21.7 Å². The maximum atomic E-state index is 14.2. The predicted octanol–water partition coefficient (Wildman–Crippen LogP) is 3.76. The monoisotopic (exact) mass is 308 g/mol. The molecule has 2 aromatic rings. The number of nitrogen functional groups attached to an aromatic ring is 2. The number of hydrogen-bond acceptors (Lipinski definition) is 4. The van der Waals surface area contributed by atoms with Gasteiger partial charge in [0.15, 0.2) is 5.82 Å². The first-order chi connectivity index (χ1) is 9.81. The molecule has 0 aliphatic carbocycles. The van der Waals surface area contributed by atoms with Crippen LogP contribution in [0.5, 0.6) is 0 Å². The molecule has 0 bridgehead atoms. The summed E-state index contributed by atoms with van der Waals surface area (Å²) in [6.07, 6.45) is 0. The van der Waals surface area contributed by atoms with Crippen molar-refractivity contribution in [1.82, 2.24) is 0 Å². The van der Waals surface area contributed by atoms with Crippen LogP contribution in [0, 0.1) is 12.7 Å². The number of aryl methyl sites for hydroxylation is 1. The Morgan fingerprint density at radius 1 is 1.14 bits per heavy atom. The summed E-state index contributed by atoms with van der Waals surface area (Å²) in [6.45, 7) is 2.01. The number of halogens is 2. The summed E-state index contributed by atoms with van der Waals surface area (Å²) in [4.78, 5) is 1.98. The van der Waals surface area contributed by atoms with E-state index in [0.717, 1.165) is 16.9 Å². The number of nitrogens with one attached hydrogen (secondary N) is 1. The molecule has 0 saturated carbocycles. The molecule has 0 aromatic heterocycles. The summed E-state index contributed by atoms with van der Waals surface area (Å²) in [5, 5.41) is 2.83. The van der Waals surface area contributed by atoms with Crippen LogP contribution in [0.15, 0.2) is 24.3 Å². The maximum absolute atomic E-state index is 14.2. The van der Waals surface area contributed by atoms with Gasteiger partial charge in [-0.15, -0.1) is 0 Å². The number of rotatable bonds is 3. The van der Waals surface area contributed by atoms with Gasteiger partial charge in [-0.3, -0.25) is 0 Å². The van der Waals surface area contributed by atoms with E-state index in [-0.39, 0.29) is 22.1 Å². The highest BCUT2D eigenvalue weighted by atomic mass is 35.5.